The molecule has 0 aromatic heterocycles. The summed E-state index contributed by atoms with van der Waals surface area (Å²) in [6, 6.07) is 46.6. The summed E-state index contributed by atoms with van der Waals surface area (Å²) in [5.74, 6) is -0.182. The number of rotatable bonds is 15. The van der Waals surface area contributed by atoms with Gasteiger partial charge in [-0.3, -0.25) is 0 Å². The van der Waals surface area contributed by atoms with Crippen molar-refractivity contribution in [2.45, 2.75) is 139 Å². The molecule has 2 aliphatic carbocycles. The maximum atomic E-state index is 9.19. The molecule has 0 spiro atoms. The average Bonchev–Trinajstić information content (AvgIpc) is 3.88. The van der Waals surface area contributed by atoms with Crippen LogP contribution in [-0.4, -0.2) is 5.92 Å². The molecule has 0 amide bonds. The molecule has 0 nitrogen and oxygen atoms in total. The number of hydrogen-bond acceptors (Lipinski definition) is 0. The summed E-state index contributed by atoms with van der Waals surface area (Å²) in [4.78, 5) is 0. The third-order valence-electron chi connectivity index (χ3n) is 15.2. The number of halogens is 2. The van der Waals surface area contributed by atoms with Gasteiger partial charge in [0, 0.05) is 0 Å². The Morgan fingerprint density at radius 3 is 1.08 bits per heavy atom. The van der Waals surface area contributed by atoms with Gasteiger partial charge in [0.25, 0.3) is 0 Å². The van der Waals surface area contributed by atoms with Gasteiger partial charge in [0.1, 0.15) is 0 Å². The molecular weight excluding hydrogens is 935 g/mol. The molecule has 2 unspecified atom stereocenters. The SMILES string of the molecule is CCCC1=Cc2c(ccc(-c3ccccc3)c2-c2cc(C(C)C)cc(C(C)C)c2)[CH]1[Zr]([Cl])([Cl])([CH]1C(CCC)=Cc2c1ccc(-c1ccccc1)c2-c1cc(C(C)C)cc(C(C)C)c1)[SiH](C)C. The maximum absolute atomic E-state index is 9.19. The molecule has 0 saturated carbocycles. The summed E-state index contributed by atoms with van der Waals surface area (Å²) in [5.41, 5.74) is 24.1. The van der Waals surface area contributed by atoms with Crippen LogP contribution >= 0.6 is 17.0 Å². The molecule has 0 saturated heterocycles. The monoisotopic (exact) mass is 1010 g/mol. The fourth-order valence-corrected chi connectivity index (χ4v) is 43.0. The molecule has 0 bridgehead atoms. The van der Waals surface area contributed by atoms with Gasteiger partial charge in [0.15, 0.2) is 0 Å². The Morgan fingerprint density at radius 1 is 0.455 bits per heavy atom. The Bertz CT molecular complexity index is 2570. The second-order valence-corrected chi connectivity index (χ2v) is 63.8. The zero-order valence-electron chi connectivity index (χ0n) is 41.8. The van der Waals surface area contributed by atoms with Crippen molar-refractivity contribution in [3.8, 4) is 44.5 Å². The van der Waals surface area contributed by atoms with Crippen molar-refractivity contribution in [1.29, 1.82) is 0 Å². The fourth-order valence-electron chi connectivity index (χ4n) is 11.5. The first-order valence-corrected chi connectivity index (χ1v) is 41.5. The Balaban J connectivity index is 1.44. The van der Waals surface area contributed by atoms with Crippen molar-refractivity contribution in [3.05, 3.63) is 177 Å². The van der Waals surface area contributed by atoms with E-state index in [2.05, 4.69) is 216 Å². The van der Waals surface area contributed by atoms with Crippen LogP contribution in [0.3, 0.4) is 0 Å². The van der Waals surface area contributed by atoms with Crippen LogP contribution in [0.15, 0.2) is 132 Å². The Hall–Kier alpha value is -3.52. The predicted molar refractivity (Wildman–Crippen MR) is 293 cm³/mol. The normalized spacial score (nSPS) is 16.6. The molecule has 6 aromatic carbocycles. The van der Waals surface area contributed by atoms with E-state index in [1.54, 1.807) is 0 Å². The van der Waals surface area contributed by atoms with E-state index in [0.29, 0.717) is 23.7 Å². The van der Waals surface area contributed by atoms with Crippen LogP contribution in [0.1, 0.15) is 170 Å². The quantitative estimate of drug-likeness (QED) is 0.0900. The van der Waals surface area contributed by atoms with Gasteiger partial charge in [-0.15, -0.1) is 0 Å². The Labute approximate surface area is 407 Å². The number of hydrogen-bond donors (Lipinski definition) is 0. The van der Waals surface area contributed by atoms with E-state index in [9.17, 15) is 17.0 Å². The van der Waals surface area contributed by atoms with Crippen molar-refractivity contribution in [1.82, 2.24) is 0 Å². The minimum atomic E-state index is -5.17. The number of fused-ring (bicyclic) bond motifs is 2. The van der Waals surface area contributed by atoms with Crippen LogP contribution < -0.4 is 0 Å². The van der Waals surface area contributed by atoms with Gasteiger partial charge in [-0.2, -0.15) is 0 Å². The van der Waals surface area contributed by atoms with E-state index in [1.807, 2.05) is 0 Å². The molecule has 0 fully saturated rings. The molecule has 0 N–H and O–H groups in total. The average molecular weight is 1010 g/mol. The van der Waals surface area contributed by atoms with Crippen molar-refractivity contribution in [3.63, 3.8) is 0 Å². The standard InChI is InChI=1S/2C30H33.C2H7Si.2ClH.Zr/c2*1-6-10-22-15-24-13-14-28(23-11-8-7-9-12-23)30(29(24)16-22)27-18-25(20(2)3)17-26(19-27)21(4)5;1-3-2;;;/h2*7-9,11-21H,6,10H2,1-5H3;3H,1-2H3;2*1H;/q;;;;;+2/p-2. The molecule has 6 aromatic rings. The second-order valence-electron chi connectivity index (χ2n) is 21.3. The van der Waals surface area contributed by atoms with Gasteiger partial charge in [-0.1, -0.05) is 0 Å². The molecule has 0 heterocycles. The van der Waals surface area contributed by atoms with Crippen LogP contribution in [-0.2, 0) is 15.6 Å². The summed E-state index contributed by atoms with van der Waals surface area (Å²) in [7, 11) is 18.4. The molecule has 343 valence electrons. The molecular formula is C62H73Cl2SiZr. The zero-order chi connectivity index (χ0) is 47.3. The first-order chi connectivity index (χ1) is 31.5. The summed E-state index contributed by atoms with van der Waals surface area (Å²) >= 11 is -5.17. The molecule has 2 aliphatic rings. The van der Waals surface area contributed by atoms with Crippen LogP contribution in [0.25, 0.3) is 56.7 Å². The summed E-state index contributed by atoms with van der Waals surface area (Å²) in [5, 5.41) is 0. The third-order valence-corrected chi connectivity index (χ3v) is 67.1. The van der Waals surface area contributed by atoms with Crippen molar-refractivity contribution >= 4 is 35.1 Å². The number of allylic oxidation sites excluding steroid dienone is 2. The predicted octanol–water partition coefficient (Wildman–Crippen LogP) is 20.0. The van der Waals surface area contributed by atoms with Gasteiger partial charge in [-0.05, 0) is 0 Å². The Morgan fingerprint density at radius 2 is 0.788 bits per heavy atom. The summed E-state index contributed by atoms with van der Waals surface area (Å²) < 4.78 is 0.0335. The molecule has 2 atom stereocenters. The van der Waals surface area contributed by atoms with Crippen molar-refractivity contribution in [2.75, 3.05) is 0 Å². The van der Waals surface area contributed by atoms with Crippen molar-refractivity contribution < 1.29 is 15.6 Å². The van der Waals surface area contributed by atoms with Gasteiger partial charge >= 0.3 is 411 Å². The zero-order valence-corrected chi connectivity index (χ0v) is 47.0. The molecule has 0 aliphatic heterocycles. The van der Waals surface area contributed by atoms with E-state index in [1.165, 1.54) is 100 Å². The van der Waals surface area contributed by atoms with Crippen LogP contribution in [0.2, 0.25) is 13.1 Å². The van der Waals surface area contributed by atoms with Crippen molar-refractivity contribution in [2.24, 2.45) is 0 Å². The van der Waals surface area contributed by atoms with Gasteiger partial charge in [0.05, 0.1) is 0 Å². The minimum absolute atomic E-state index is 0.0167. The van der Waals surface area contributed by atoms with E-state index in [4.69, 9.17) is 0 Å². The topological polar surface area (TPSA) is 0 Å². The van der Waals surface area contributed by atoms with Gasteiger partial charge < -0.3 is 0 Å². The van der Waals surface area contributed by atoms with Gasteiger partial charge in [0.2, 0.25) is 0 Å². The van der Waals surface area contributed by atoms with E-state index in [-0.39, 0.29) is 7.25 Å². The second kappa shape index (κ2) is 19.5. The Kier molecular flexibility index (Phi) is 14.4. The fraction of sp³-hybridized carbons (Fsp3) is 0.355. The van der Waals surface area contributed by atoms with Crippen LogP contribution in [0.4, 0.5) is 0 Å². The van der Waals surface area contributed by atoms with Crippen LogP contribution in [0.5, 0.6) is 0 Å². The first kappa shape index (κ1) is 48.9. The van der Waals surface area contributed by atoms with Crippen LogP contribution in [0, 0.1) is 0 Å². The van der Waals surface area contributed by atoms with Gasteiger partial charge in [-0.25, -0.2) is 0 Å². The van der Waals surface area contributed by atoms with E-state index < -0.39 is 21.5 Å². The third kappa shape index (κ3) is 8.74. The molecule has 8 rings (SSSR count). The van der Waals surface area contributed by atoms with E-state index in [0.717, 1.165) is 25.7 Å². The molecule has 4 heteroatoms. The summed E-state index contributed by atoms with van der Waals surface area (Å²) in [6.07, 6.45) is 9.24. The molecule has 66 heavy (non-hydrogen) atoms. The summed E-state index contributed by atoms with van der Waals surface area (Å²) in [6.45, 7) is 28.3. The first-order valence-electron chi connectivity index (χ1n) is 25.2. The van der Waals surface area contributed by atoms with E-state index >= 15 is 0 Å². The number of benzene rings is 6. The molecule has 0 radical (unpaired) electrons.